The second-order valence-corrected chi connectivity index (χ2v) is 3.78. The summed E-state index contributed by atoms with van der Waals surface area (Å²) in [5.41, 5.74) is 1.65. The third kappa shape index (κ3) is 1.70. The minimum atomic E-state index is -0.240. The van der Waals surface area contributed by atoms with Gasteiger partial charge in [-0.25, -0.2) is 4.98 Å². The van der Waals surface area contributed by atoms with Gasteiger partial charge in [0.2, 0.25) is 0 Å². The van der Waals surface area contributed by atoms with E-state index in [1.807, 2.05) is 13.0 Å². The van der Waals surface area contributed by atoms with Crippen LogP contribution >= 0.6 is 15.9 Å². The molecule has 0 aromatic carbocycles. The molecule has 0 saturated carbocycles. The lowest BCUT2D eigenvalue weighted by Gasteiger charge is -2.07. The molecule has 0 fully saturated rings. The molecule has 0 spiro atoms. The van der Waals surface area contributed by atoms with Crippen LogP contribution in [0, 0.1) is 18.3 Å². The number of halogens is 1. The number of alkyl halides is 1. The molecule has 76 valence electrons. The van der Waals surface area contributed by atoms with Gasteiger partial charge in [-0.3, -0.25) is 0 Å². The Kier molecular flexibility index (Phi) is 2.64. The lowest BCUT2D eigenvalue weighted by molar-refractivity contribution is 0.805. The highest BCUT2D eigenvalue weighted by Gasteiger charge is 2.15. The fraction of sp³-hybridized carbons (Fsp3) is 0.333. The van der Waals surface area contributed by atoms with Crippen LogP contribution in [0.3, 0.4) is 0 Å². The minimum absolute atomic E-state index is 0.240. The van der Waals surface area contributed by atoms with Gasteiger partial charge in [-0.1, -0.05) is 15.9 Å². The van der Waals surface area contributed by atoms with Gasteiger partial charge in [0.15, 0.2) is 0 Å². The molecule has 2 aromatic rings. The Morgan fingerprint density at radius 3 is 3.13 bits per heavy atom. The van der Waals surface area contributed by atoms with Crippen LogP contribution in [0.1, 0.15) is 17.3 Å². The fourth-order valence-corrected chi connectivity index (χ4v) is 1.86. The maximum absolute atomic E-state index is 9.01. The summed E-state index contributed by atoms with van der Waals surface area (Å²) in [6.07, 6.45) is 1.44. The quantitative estimate of drug-likeness (QED) is 0.771. The molecule has 0 bridgehead atoms. The molecule has 15 heavy (non-hydrogen) atoms. The molecule has 0 amide bonds. The topological polar surface area (TPSA) is 66.9 Å². The highest BCUT2D eigenvalue weighted by molar-refractivity contribution is 9.09. The summed E-state index contributed by atoms with van der Waals surface area (Å²) in [7, 11) is 0. The smallest absolute Gasteiger partial charge is 0.216 e. The lowest BCUT2D eigenvalue weighted by atomic mass is 10.1. The molecule has 0 aliphatic heterocycles. The second-order valence-electron chi connectivity index (χ2n) is 3.13. The van der Waals surface area contributed by atoms with Crippen LogP contribution in [0.2, 0.25) is 0 Å². The Balaban J connectivity index is 2.68. The van der Waals surface area contributed by atoms with Crippen LogP contribution in [0.15, 0.2) is 12.4 Å². The molecular formula is C9H8BrN5. The Morgan fingerprint density at radius 1 is 1.67 bits per heavy atom. The first kappa shape index (κ1) is 10.1. The Bertz CT molecular complexity index is 527. The number of hydrogen-bond donors (Lipinski definition) is 0. The monoisotopic (exact) mass is 265 g/mol. The molecule has 5 nitrogen and oxygen atoms in total. The normalized spacial score (nSPS) is 12.6. The van der Waals surface area contributed by atoms with E-state index in [0.717, 1.165) is 11.4 Å². The first-order valence-electron chi connectivity index (χ1n) is 4.39. The third-order valence-corrected chi connectivity index (χ3v) is 2.72. The van der Waals surface area contributed by atoms with Crippen LogP contribution in [-0.2, 0) is 0 Å². The number of fused-ring (bicyclic) bond motifs is 1. The van der Waals surface area contributed by atoms with Gasteiger partial charge in [0.25, 0.3) is 5.78 Å². The lowest BCUT2D eigenvalue weighted by Crippen LogP contribution is -2.08. The standard InChI is InChI=1S/C9H8BrN5/c1-6-2-8(7(3-10)4-11)15-9(14-6)12-5-13-15/h2,5,7H,3H2,1H3. The fourth-order valence-electron chi connectivity index (χ4n) is 1.39. The molecule has 2 heterocycles. The highest BCUT2D eigenvalue weighted by Crippen LogP contribution is 2.18. The van der Waals surface area contributed by atoms with Gasteiger partial charge in [0, 0.05) is 11.0 Å². The molecule has 2 rings (SSSR count). The summed E-state index contributed by atoms with van der Waals surface area (Å²) in [6, 6.07) is 4.07. The first-order valence-corrected chi connectivity index (χ1v) is 5.51. The zero-order valence-electron chi connectivity index (χ0n) is 8.05. The summed E-state index contributed by atoms with van der Waals surface area (Å²) >= 11 is 3.31. The van der Waals surface area contributed by atoms with Crippen LogP contribution in [0.25, 0.3) is 5.78 Å². The van der Waals surface area contributed by atoms with Crippen molar-refractivity contribution >= 4 is 21.7 Å². The maximum Gasteiger partial charge on any atom is 0.252 e. The van der Waals surface area contributed by atoms with E-state index in [4.69, 9.17) is 5.26 Å². The van der Waals surface area contributed by atoms with Crippen molar-refractivity contribution in [1.29, 1.82) is 5.26 Å². The molecular weight excluding hydrogens is 258 g/mol. The number of nitrogens with zero attached hydrogens (tertiary/aromatic N) is 5. The third-order valence-electron chi connectivity index (χ3n) is 2.07. The van der Waals surface area contributed by atoms with Gasteiger partial charge in [-0.2, -0.15) is 19.9 Å². The molecule has 0 saturated heterocycles. The average Bonchev–Trinajstić information content (AvgIpc) is 2.67. The van der Waals surface area contributed by atoms with Crippen molar-refractivity contribution < 1.29 is 0 Å². The average molecular weight is 266 g/mol. The van der Waals surface area contributed by atoms with E-state index in [1.54, 1.807) is 4.52 Å². The van der Waals surface area contributed by atoms with E-state index >= 15 is 0 Å². The van der Waals surface area contributed by atoms with Gasteiger partial charge in [-0.15, -0.1) is 0 Å². The number of rotatable bonds is 2. The van der Waals surface area contributed by atoms with Crippen molar-refractivity contribution in [3.63, 3.8) is 0 Å². The summed E-state index contributed by atoms with van der Waals surface area (Å²) in [5.74, 6) is 0.294. The number of aromatic nitrogens is 4. The first-order chi connectivity index (χ1) is 7.26. The van der Waals surface area contributed by atoms with Crippen LogP contribution < -0.4 is 0 Å². The molecule has 1 unspecified atom stereocenters. The van der Waals surface area contributed by atoms with Gasteiger partial charge in [-0.05, 0) is 13.0 Å². The van der Waals surface area contributed by atoms with E-state index < -0.39 is 0 Å². The molecule has 0 aliphatic carbocycles. The summed E-state index contributed by atoms with van der Waals surface area (Å²) in [6.45, 7) is 1.88. The van der Waals surface area contributed by atoms with E-state index in [0.29, 0.717) is 11.1 Å². The van der Waals surface area contributed by atoms with E-state index in [9.17, 15) is 0 Å². The predicted molar refractivity (Wildman–Crippen MR) is 57.7 cm³/mol. The van der Waals surface area contributed by atoms with Gasteiger partial charge in [0.1, 0.15) is 6.33 Å². The molecule has 6 heteroatoms. The highest BCUT2D eigenvalue weighted by atomic mass is 79.9. The Labute approximate surface area is 94.9 Å². The van der Waals surface area contributed by atoms with Crippen molar-refractivity contribution in [3.05, 3.63) is 23.8 Å². The van der Waals surface area contributed by atoms with Gasteiger partial charge < -0.3 is 0 Å². The summed E-state index contributed by atoms with van der Waals surface area (Å²) < 4.78 is 1.60. The number of nitriles is 1. The Hall–Kier alpha value is -1.48. The molecule has 0 N–H and O–H groups in total. The largest absolute Gasteiger partial charge is 0.252 e. The molecule has 0 radical (unpaired) electrons. The van der Waals surface area contributed by atoms with Crippen molar-refractivity contribution in [2.24, 2.45) is 0 Å². The number of hydrogen-bond acceptors (Lipinski definition) is 4. The van der Waals surface area contributed by atoms with E-state index in [1.165, 1.54) is 6.33 Å². The Morgan fingerprint density at radius 2 is 2.47 bits per heavy atom. The van der Waals surface area contributed by atoms with Crippen LogP contribution in [0.5, 0.6) is 0 Å². The van der Waals surface area contributed by atoms with Crippen molar-refractivity contribution in [2.45, 2.75) is 12.8 Å². The van der Waals surface area contributed by atoms with Gasteiger partial charge in [0.05, 0.1) is 17.7 Å². The van der Waals surface area contributed by atoms with Crippen LogP contribution in [-0.4, -0.2) is 24.9 Å². The minimum Gasteiger partial charge on any atom is -0.216 e. The van der Waals surface area contributed by atoms with Crippen molar-refractivity contribution in [3.8, 4) is 6.07 Å². The molecule has 0 aliphatic rings. The van der Waals surface area contributed by atoms with Crippen molar-refractivity contribution in [2.75, 3.05) is 5.33 Å². The van der Waals surface area contributed by atoms with E-state index in [2.05, 4.69) is 37.1 Å². The predicted octanol–water partition coefficient (Wildman–Crippen LogP) is 1.43. The maximum atomic E-state index is 9.01. The second kappa shape index (κ2) is 3.95. The van der Waals surface area contributed by atoms with Crippen molar-refractivity contribution in [1.82, 2.24) is 19.6 Å². The zero-order chi connectivity index (χ0) is 10.8. The van der Waals surface area contributed by atoms with Crippen LogP contribution in [0.4, 0.5) is 0 Å². The molecule has 2 aromatic heterocycles. The SMILES string of the molecule is Cc1cc(C(C#N)CBr)n2ncnc2n1. The zero-order valence-corrected chi connectivity index (χ0v) is 9.64. The van der Waals surface area contributed by atoms with Gasteiger partial charge >= 0.3 is 0 Å². The van der Waals surface area contributed by atoms with E-state index in [-0.39, 0.29) is 5.92 Å². The molecule has 1 atom stereocenters. The summed E-state index contributed by atoms with van der Waals surface area (Å²) in [5, 5.41) is 13.6. The summed E-state index contributed by atoms with van der Waals surface area (Å²) in [4.78, 5) is 8.22. The number of aryl methyl sites for hydroxylation is 1.